The predicted molar refractivity (Wildman–Crippen MR) is 52.0 cm³/mol. The molecule has 14 heavy (non-hydrogen) atoms. The molecule has 1 saturated carbocycles. The molecular formula is C9H13ClN2O2. The molecule has 1 unspecified atom stereocenters. The van der Waals surface area contributed by atoms with Gasteiger partial charge in [0.05, 0.1) is 0 Å². The Morgan fingerprint density at radius 2 is 2.29 bits per heavy atom. The van der Waals surface area contributed by atoms with Crippen molar-refractivity contribution in [2.45, 2.75) is 37.3 Å². The van der Waals surface area contributed by atoms with Gasteiger partial charge < -0.3 is 10.6 Å². The topological polar surface area (TPSA) is 58.2 Å². The zero-order chi connectivity index (χ0) is 10.4. The standard InChI is InChI=1S/C9H13ClN2O2/c1-8(11-6(13)4-10)5-9(2-3-9)12-7(8)14/h2-5H2,1H3,(H,11,13)(H,12,14). The van der Waals surface area contributed by atoms with E-state index in [4.69, 9.17) is 11.6 Å². The maximum Gasteiger partial charge on any atom is 0.245 e. The van der Waals surface area contributed by atoms with Crippen molar-refractivity contribution in [2.75, 3.05) is 5.88 Å². The lowest BCUT2D eigenvalue weighted by atomic mass is 9.96. The second-order valence-electron chi connectivity index (χ2n) is 4.43. The number of amides is 2. The van der Waals surface area contributed by atoms with Crippen molar-refractivity contribution < 1.29 is 9.59 Å². The summed E-state index contributed by atoms with van der Waals surface area (Å²) in [5, 5.41) is 5.59. The van der Waals surface area contributed by atoms with Crippen molar-refractivity contribution >= 4 is 23.4 Å². The molecular weight excluding hydrogens is 204 g/mol. The molecule has 0 bridgehead atoms. The molecule has 2 fully saturated rings. The number of alkyl halides is 1. The fraction of sp³-hybridized carbons (Fsp3) is 0.778. The number of hydrogen-bond donors (Lipinski definition) is 2. The Bertz CT molecular complexity index is 301. The second-order valence-corrected chi connectivity index (χ2v) is 4.69. The average Bonchev–Trinajstić information content (AvgIpc) is 2.78. The molecule has 0 aromatic rings. The lowest BCUT2D eigenvalue weighted by Crippen LogP contribution is -2.51. The first-order valence-corrected chi connectivity index (χ1v) is 5.23. The van der Waals surface area contributed by atoms with Gasteiger partial charge in [-0.3, -0.25) is 9.59 Å². The zero-order valence-electron chi connectivity index (χ0n) is 8.02. The predicted octanol–water partition coefficient (Wildman–Crippen LogP) is 0.153. The van der Waals surface area contributed by atoms with E-state index in [1.165, 1.54) is 0 Å². The summed E-state index contributed by atoms with van der Waals surface area (Å²) in [6, 6.07) is 0. The fourth-order valence-corrected chi connectivity index (χ4v) is 2.14. The van der Waals surface area contributed by atoms with Crippen molar-refractivity contribution in [3.8, 4) is 0 Å². The van der Waals surface area contributed by atoms with Crippen molar-refractivity contribution in [3.63, 3.8) is 0 Å². The van der Waals surface area contributed by atoms with Gasteiger partial charge in [0.1, 0.15) is 11.4 Å². The van der Waals surface area contributed by atoms with Crippen LogP contribution in [0.25, 0.3) is 0 Å². The van der Waals surface area contributed by atoms with Gasteiger partial charge >= 0.3 is 0 Å². The summed E-state index contributed by atoms with van der Waals surface area (Å²) < 4.78 is 0. The molecule has 0 aromatic carbocycles. The van der Waals surface area contributed by atoms with Gasteiger partial charge in [-0.15, -0.1) is 11.6 Å². The molecule has 2 N–H and O–H groups in total. The third-order valence-corrected chi connectivity index (χ3v) is 3.20. The van der Waals surface area contributed by atoms with E-state index in [0.29, 0.717) is 6.42 Å². The van der Waals surface area contributed by atoms with E-state index in [2.05, 4.69) is 10.6 Å². The number of carbonyl (C=O) groups is 2. The van der Waals surface area contributed by atoms with Crippen molar-refractivity contribution in [1.82, 2.24) is 10.6 Å². The normalized spacial score (nSPS) is 32.9. The Hall–Kier alpha value is -0.770. The van der Waals surface area contributed by atoms with Crippen molar-refractivity contribution in [2.24, 2.45) is 0 Å². The highest BCUT2D eigenvalue weighted by molar-refractivity contribution is 6.27. The number of hydrogen-bond acceptors (Lipinski definition) is 2. The molecule has 1 aliphatic heterocycles. The molecule has 1 atom stereocenters. The van der Waals surface area contributed by atoms with Crippen LogP contribution in [0.15, 0.2) is 0 Å². The van der Waals surface area contributed by atoms with Gasteiger partial charge in [-0.1, -0.05) is 0 Å². The molecule has 2 rings (SSSR count). The highest BCUT2D eigenvalue weighted by atomic mass is 35.5. The molecule has 1 aliphatic carbocycles. The van der Waals surface area contributed by atoms with Crippen LogP contribution in [0.3, 0.4) is 0 Å². The lowest BCUT2D eigenvalue weighted by Gasteiger charge is -2.21. The van der Waals surface area contributed by atoms with Gasteiger partial charge in [-0.05, 0) is 19.8 Å². The number of carbonyl (C=O) groups excluding carboxylic acids is 2. The van der Waals surface area contributed by atoms with Gasteiger partial charge in [0, 0.05) is 12.0 Å². The van der Waals surface area contributed by atoms with Crippen LogP contribution in [0.1, 0.15) is 26.2 Å². The molecule has 1 spiro atoms. The van der Waals surface area contributed by atoms with Crippen LogP contribution in [0, 0.1) is 0 Å². The zero-order valence-corrected chi connectivity index (χ0v) is 8.78. The van der Waals surface area contributed by atoms with Gasteiger partial charge in [0.2, 0.25) is 11.8 Å². The third kappa shape index (κ3) is 1.47. The van der Waals surface area contributed by atoms with Crippen LogP contribution in [0.4, 0.5) is 0 Å². The molecule has 4 nitrogen and oxygen atoms in total. The summed E-state index contributed by atoms with van der Waals surface area (Å²) >= 11 is 5.38. The van der Waals surface area contributed by atoms with Gasteiger partial charge in [-0.25, -0.2) is 0 Å². The Balaban J connectivity index is 2.08. The summed E-state index contributed by atoms with van der Waals surface area (Å²) in [7, 11) is 0. The second kappa shape index (κ2) is 2.86. The van der Waals surface area contributed by atoms with E-state index in [1.54, 1.807) is 6.92 Å². The summed E-state index contributed by atoms with van der Waals surface area (Å²) in [4.78, 5) is 22.8. The molecule has 5 heteroatoms. The van der Waals surface area contributed by atoms with Gasteiger partial charge in [-0.2, -0.15) is 0 Å². The Morgan fingerprint density at radius 1 is 1.64 bits per heavy atom. The van der Waals surface area contributed by atoms with Crippen LogP contribution in [0.2, 0.25) is 0 Å². The van der Waals surface area contributed by atoms with E-state index in [0.717, 1.165) is 12.8 Å². The van der Waals surface area contributed by atoms with E-state index >= 15 is 0 Å². The Labute approximate surface area is 87.4 Å². The summed E-state index contributed by atoms with van der Waals surface area (Å²) in [6.07, 6.45) is 2.72. The largest absolute Gasteiger partial charge is 0.349 e. The maximum absolute atomic E-state index is 11.6. The van der Waals surface area contributed by atoms with Gasteiger partial charge in [0.25, 0.3) is 0 Å². The fourth-order valence-electron chi connectivity index (χ4n) is 2.07. The van der Waals surface area contributed by atoms with E-state index < -0.39 is 5.54 Å². The van der Waals surface area contributed by atoms with Crippen LogP contribution < -0.4 is 10.6 Å². The summed E-state index contributed by atoms with van der Waals surface area (Å²) in [6.45, 7) is 1.75. The van der Waals surface area contributed by atoms with Crippen LogP contribution in [0.5, 0.6) is 0 Å². The van der Waals surface area contributed by atoms with E-state index in [9.17, 15) is 9.59 Å². The van der Waals surface area contributed by atoms with Crippen molar-refractivity contribution in [1.29, 1.82) is 0 Å². The first-order valence-electron chi connectivity index (χ1n) is 4.69. The molecule has 0 aromatic heterocycles. The van der Waals surface area contributed by atoms with E-state index in [1.807, 2.05) is 0 Å². The molecule has 2 aliphatic rings. The summed E-state index contributed by atoms with van der Waals surface area (Å²) in [5.41, 5.74) is -0.784. The lowest BCUT2D eigenvalue weighted by molar-refractivity contribution is -0.129. The number of halogens is 1. The Morgan fingerprint density at radius 3 is 2.71 bits per heavy atom. The first kappa shape index (κ1) is 9.77. The molecule has 2 amide bonds. The monoisotopic (exact) mass is 216 g/mol. The average molecular weight is 217 g/mol. The van der Waals surface area contributed by atoms with Crippen LogP contribution in [-0.4, -0.2) is 28.8 Å². The minimum Gasteiger partial charge on any atom is -0.349 e. The van der Waals surface area contributed by atoms with Gasteiger partial charge in [0.15, 0.2) is 0 Å². The molecule has 1 heterocycles. The minimum atomic E-state index is -0.761. The van der Waals surface area contributed by atoms with Crippen LogP contribution >= 0.6 is 11.6 Å². The first-order chi connectivity index (χ1) is 6.50. The van der Waals surface area contributed by atoms with Crippen molar-refractivity contribution in [3.05, 3.63) is 0 Å². The molecule has 1 saturated heterocycles. The third-order valence-electron chi connectivity index (χ3n) is 2.96. The number of nitrogens with one attached hydrogen (secondary N) is 2. The maximum atomic E-state index is 11.6. The SMILES string of the molecule is CC1(NC(=O)CCl)CC2(CC2)NC1=O. The smallest absolute Gasteiger partial charge is 0.245 e. The summed E-state index contributed by atoms with van der Waals surface area (Å²) in [5.74, 6) is -0.481. The highest BCUT2D eigenvalue weighted by Crippen LogP contribution is 2.46. The number of rotatable bonds is 2. The van der Waals surface area contributed by atoms with Crippen LogP contribution in [-0.2, 0) is 9.59 Å². The minimum absolute atomic E-state index is 0.0224. The molecule has 78 valence electrons. The Kier molecular flexibility index (Phi) is 2.00. The van der Waals surface area contributed by atoms with E-state index in [-0.39, 0.29) is 23.2 Å². The molecule has 0 radical (unpaired) electrons. The highest BCUT2D eigenvalue weighted by Gasteiger charge is 2.58. The quantitative estimate of drug-likeness (QED) is 0.646.